The molecule has 8 nitrogen and oxygen atoms in total. The van der Waals surface area contributed by atoms with E-state index in [1.807, 2.05) is 19.9 Å². The number of amides is 4. The smallest absolute Gasteiger partial charge is 0.335 e. The monoisotopic (exact) mass is 470 g/mol. The second-order valence-corrected chi connectivity index (χ2v) is 8.09. The largest absolute Gasteiger partial charge is 0.489 e. The number of aryl methyl sites for hydroxylation is 2. The Morgan fingerprint density at radius 2 is 1.63 bits per heavy atom. The van der Waals surface area contributed by atoms with Gasteiger partial charge in [0.1, 0.15) is 17.9 Å². The second-order valence-electron chi connectivity index (χ2n) is 8.09. The van der Waals surface area contributed by atoms with Crippen LogP contribution in [0.1, 0.15) is 32.6 Å². The lowest BCUT2D eigenvalue weighted by molar-refractivity contribution is -0.122. The lowest BCUT2D eigenvalue weighted by atomic mass is 10.1. The van der Waals surface area contributed by atoms with Crippen molar-refractivity contribution in [2.24, 2.45) is 0 Å². The van der Waals surface area contributed by atoms with E-state index >= 15 is 0 Å². The molecular weight excluding hydrogens is 448 g/mol. The normalized spacial score (nSPS) is 14.7. The molecule has 1 aliphatic rings. The number of benzene rings is 3. The molecule has 0 aliphatic carbocycles. The second kappa shape index (κ2) is 9.64. The molecule has 0 aromatic heterocycles. The van der Waals surface area contributed by atoms with Gasteiger partial charge in [0.25, 0.3) is 11.8 Å². The highest BCUT2D eigenvalue weighted by molar-refractivity contribution is 6.39. The average Bonchev–Trinajstić information content (AvgIpc) is 2.83. The fourth-order valence-electron chi connectivity index (χ4n) is 3.49. The van der Waals surface area contributed by atoms with Gasteiger partial charge in [0.15, 0.2) is 0 Å². The molecule has 4 amide bonds. The fourth-order valence-corrected chi connectivity index (χ4v) is 3.49. The molecule has 4 rings (SSSR count). The van der Waals surface area contributed by atoms with Crippen molar-refractivity contribution in [3.63, 3.8) is 0 Å². The molecule has 0 atom stereocenters. The molecule has 35 heavy (non-hydrogen) atoms. The number of barbiturate groups is 1. The summed E-state index contributed by atoms with van der Waals surface area (Å²) >= 11 is 0. The van der Waals surface area contributed by atoms with E-state index in [4.69, 9.17) is 9.84 Å². The van der Waals surface area contributed by atoms with Crippen LogP contribution in [0.5, 0.6) is 5.75 Å². The molecule has 1 aliphatic heterocycles. The van der Waals surface area contributed by atoms with Crippen LogP contribution >= 0.6 is 0 Å². The van der Waals surface area contributed by atoms with Crippen LogP contribution in [-0.2, 0) is 16.2 Å². The van der Waals surface area contributed by atoms with E-state index in [2.05, 4.69) is 5.32 Å². The highest BCUT2D eigenvalue weighted by atomic mass is 16.5. The Morgan fingerprint density at radius 1 is 0.943 bits per heavy atom. The number of imide groups is 2. The number of carbonyl (C=O) groups excluding carboxylic acids is 3. The van der Waals surface area contributed by atoms with Crippen molar-refractivity contribution in [3.8, 4) is 5.75 Å². The van der Waals surface area contributed by atoms with Gasteiger partial charge in [-0.25, -0.2) is 14.5 Å². The van der Waals surface area contributed by atoms with Gasteiger partial charge in [-0.1, -0.05) is 30.3 Å². The summed E-state index contributed by atoms with van der Waals surface area (Å²) in [5.41, 5.74) is 3.75. The highest BCUT2D eigenvalue weighted by Gasteiger charge is 2.36. The summed E-state index contributed by atoms with van der Waals surface area (Å²) in [5.74, 6) is -1.90. The number of hydrogen-bond acceptors (Lipinski definition) is 5. The number of carbonyl (C=O) groups is 4. The van der Waals surface area contributed by atoms with E-state index in [9.17, 15) is 19.2 Å². The van der Waals surface area contributed by atoms with Crippen molar-refractivity contribution in [1.29, 1.82) is 0 Å². The first-order valence-electron chi connectivity index (χ1n) is 10.8. The molecule has 1 heterocycles. The van der Waals surface area contributed by atoms with Crippen molar-refractivity contribution in [2.45, 2.75) is 20.5 Å². The average molecular weight is 470 g/mol. The number of ether oxygens (including phenoxy) is 1. The van der Waals surface area contributed by atoms with Crippen molar-refractivity contribution < 1.29 is 29.0 Å². The van der Waals surface area contributed by atoms with Gasteiger partial charge >= 0.3 is 12.0 Å². The number of nitrogens with one attached hydrogen (secondary N) is 1. The van der Waals surface area contributed by atoms with Crippen LogP contribution in [0.15, 0.2) is 72.3 Å². The molecule has 8 heteroatoms. The van der Waals surface area contributed by atoms with E-state index in [0.717, 1.165) is 21.6 Å². The molecule has 0 saturated carbocycles. The highest BCUT2D eigenvalue weighted by Crippen LogP contribution is 2.24. The van der Waals surface area contributed by atoms with Gasteiger partial charge in [-0.05, 0) is 78.6 Å². The molecule has 0 radical (unpaired) electrons. The van der Waals surface area contributed by atoms with Crippen LogP contribution in [0, 0.1) is 13.8 Å². The predicted molar refractivity (Wildman–Crippen MR) is 129 cm³/mol. The summed E-state index contributed by atoms with van der Waals surface area (Å²) < 4.78 is 5.72. The topological polar surface area (TPSA) is 113 Å². The van der Waals surface area contributed by atoms with Gasteiger partial charge in [-0.2, -0.15) is 0 Å². The van der Waals surface area contributed by atoms with Crippen molar-refractivity contribution in [3.05, 3.63) is 100 Å². The standard InChI is InChI=1S/C27H22N2O6/c1-16-3-10-21(13-17(16)2)29-25(31)23(24(30)28-27(29)34)14-18-6-11-22(12-7-18)35-15-19-4-8-20(9-5-19)26(32)33/h3-14H,15H2,1-2H3,(H,32,33)(H,28,30,34). The molecule has 3 aromatic rings. The number of carboxylic acid groups (broad SMARTS) is 1. The zero-order valence-electron chi connectivity index (χ0n) is 19.1. The van der Waals surface area contributed by atoms with Crippen LogP contribution < -0.4 is 15.0 Å². The van der Waals surface area contributed by atoms with Crippen LogP contribution in [0.2, 0.25) is 0 Å². The number of hydrogen-bond donors (Lipinski definition) is 2. The maximum atomic E-state index is 13.1. The van der Waals surface area contributed by atoms with E-state index in [1.165, 1.54) is 18.2 Å². The van der Waals surface area contributed by atoms with E-state index < -0.39 is 23.8 Å². The molecule has 0 bridgehead atoms. The molecule has 3 aromatic carbocycles. The van der Waals surface area contributed by atoms with Gasteiger partial charge in [0.05, 0.1) is 11.3 Å². The number of carboxylic acids is 1. The Labute approximate surface area is 201 Å². The maximum absolute atomic E-state index is 13.1. The molecular formula is C27H22N2O6. The Bertz CT molecular complexity index is 1360. The molecule has 0 unspecified atom stereocenters. The van der Waals surface area contributed by atoms with Crippen molar-refractivity contribution in [2.75, 3.05) is 4.90 Å². The number of urea groups is 1. The number of nitrogens with zero attached hydrogens (tertiary/aromatic N) is 1. The van der Waals surface area contributed by atoms with Gasteiger partial charge in [-0.15, -0.1) is 0 Å². The third kappa shape index (κ3) is 5.11. The summed E-state index contributed by atoms with van der Waals surface area (Å²) in [6.45, 7) is 4.05. The van der Waals surface area contributed by atoms with E-state index in [-0.39, 0.29) is 17.7 Å². The van der Waals surface area contributed by atoms with Crippen LogP contribution in [0.4, 0.5) is 10.5 Å². The summed E-state index contributed by atoms with van der Waals surface area (Å²) in [5, 5.41) is 11.2. The molecule has 0 spiro atoms. The fraction of sp³-hybridized carbons (Fsp3) is 0.111. The summed E-state index contributed by atoms with van der Waals surface area (Å²) in [6.07, 6.45) is 1.42. The number of anilines is 1. The van der Waals surface area contributed by atoms with Gasteiger partial charge in [0, 0.05) is 0 Å². The first-order valence-corrected chi connectivity index (χ1v) is 10.8. The van der Waals surface area contributed by atoms with Gasteiger partial charge in [-0.3, -0.25) is 14.9 Å². The van der Waals surface area contributed by atoms with Gasteiger partial charge in [0.2, 0.25) is 0 Å². The number of rotatable bonds is 6. The molecule has 2 N–H and O–H groups in total. The zero-order valence-corrected chi connectivity index (χ0v) is 19.1. The summed E-state index contributed by atoms with van der Waals surface area (Å²) in [7, 11) is 0. The SMILES string of the molecule is Cc1ccc(N2C(=O)NC(=O)C(=Cc3ccc(OCc4ccc(C(=O)O)cc4)cc3)C2=O)cc1C. The quantitative estimate of drug-likeness (QED) is 0.411. The van der Waals surface area contributed by atoms with E-state index in [0.29, 0.717) is 17.0 Å². The first-order chi connectivity index (χ1) is 16.7. The van der Waals surface area contributed by atoms with Crippen LogP contribution in [0.25, 0.3) is 6.08 Å². The van der Waals surface area contributed by atoms with Crippen molar-refractivity contribution >= 4 is 35.6 Å². The predicted octanol–water partition coefficient (Wildman–Crippen LogP) is 4.25. The summed E-state index contributed by atoms with van der Waals surface area (Å²) in [6, 6.07) is 17.5. The minimum absolute atomic E-state index is 0.157. The first kappa shape index (κ1) is 23.4. The Morgan fingerprint density at radius 3 is 2.26 bits per heavy atom. The number of aromatic carboxylic acids is 1. The Kier molecular flexibility index (Phi) is 6.46. The summed E-state index contributed by atoms with van der Waals surface area (Å²) in [4.78, 5) is 49.7. The Hall–Kier alpha value is -4.72. The maximum Gasteiger partial charge on any atom is 0.335 e. The minimum Gasteiger partial charge on any atom is -0.489 e. The zero-order chi connectivity index (χ0) is 25.1. The molecule has 1 fully saturated rings. The molecule has 1 saturated heterocycles. The third-order valence-electron chi connectivity index (χ3n) is 5.65. The minimum atomic E-state index is -0.992. The van der Waals surface area contributed by atoms with Crippen LogP contribution in [-0.4, -0.2) is 28.9 Å². The molecule has 176 valence electrons. The lowest BCUT2D eigenvalue weighted by Gasteiger charge is -2.26. The van der Waals surface area contributed by atoms with Gasteiger partial charge < -0.3 is 9.84 Å². The third-order valence-corrected chi connectivity index (χ3v) is 5.65. The Balaban J connectivity index is 1.49. The van der Waals surface area contributed by atoms with E-state index in [1.54, 1.807) is 48.5 Å². The van der Waals surface area contributed by atoms with Crippen LogP contribution in [0.3, 0.4) is 0 Å². The van der Waals surface area contributed by atoms with Crippen molar-refractivity contribution in [1.82, 2.24) is 5.32 Å². The lowest BCUT2D eigenvalue weighted by Crippen LogP contribution is -2.54.